The fourth-order valence-corrected chi connectivity index (χ4v) is 5.45. The predicted molar refractivity (Wildman–Crippen MR) is 95.1 cm³/mol. The first-order valence-corrected chi connectivity index (χ1v) is 9.31. The second kappa shape index (κ2) is 6.68. The van der Waals surface area contributed by atoms with Crippen LogP contribution in [0, 0.1) is 27.6 Å². The van der Waals surface area contributed by atoms with E-state index in [4.69, 9.17) is 28.5 Å². The first kappa shape index (κ1) is 16.1. The summed E-state index contributed by atoms with van der Waals surface area (Å²) in [5, 5.41) is 10.5. The van der Waals surface area contributed by atoms with Crippen molar-refractivity contribution in [3.05, 3.63) is 49.0 Å². The van der Waals surface area contributed by atoms with Gasteiger partial charge in [0.15, 0.2) is 0 Å². The van der Waals surface area contributed by atoms with Crippen molar-refractivity contribution in [2.45, 2.75) is 13.8 Å². The van der Waals surface area contributed by atoms with Crippen molar-refractivity contribution >= 4 is 65.2 Å². The Labute approximate surface area is 148 Å². The molecule has 2 aromatic carbocycles. The number of halogens is 3. The van der Waals surface area contributed by atoms with Gasteiger partial charge >= 0.3 is 149 Å². The summed E-state index contributed by atoms with van der Waals surface area (Å²) in [5.74, 6) is 0. The average Bonchev–Trinajstić information content (AvgIpc) is 2.31. The summed E-state index contributed by atoms with van der Waals surface area (Å²) in [6.07, 6.45) is 0. The number of rotatable bonds is 2. The third kappa shape index (κ3) is 3.32. The van der Waals surface area contributed by atoms with Gasteiger partial charge in [0.05, 0.1) is 0 Å². The molecule has 0 saturated heterocycles. The van der Waals surface area contributed by atoms with Crippen LogP contribution >= 0.6 is 45.8 Å². The zero-order valence-corrected chi connectivity index (χ0v) is 16.2. The third-order valence-electron chi connectivity index (χ3n) is 2.92. The number of aryl methyl sites for hydroxylation is 2. The van der Waals surface area contributed by atoms with Crippen molar-refractivity contribution in [1.29, 1.82) is 5.26 Å². The molecule has 2 aromatic rings. The van der Waals surface area contributed by atoms with Crippen molar-refractivity contribution in [2.75, 3.05) is 0 Å². The molecule has 0 N–H and O–H groups in total. The van der Waals surface area contributed by atoms with Crippen LogP contribution in [0.25, 0.3) is 11.1 Å². The van der Waals surface area contributed by atoms with E-state index in [9.17, 15) is 0 Å². The van der Waals surface area contributed by atoms with Gasteiger partial charge in [-0.15, -0.1) is 0 Å². The molecule has 0 heterocycles. The number of nitriles is 1. The summed E-state index contributed by atoms with van der Waals surface area (Å²) in [7, 11) is 0. The van der Waals surface area contributed by atoms with Crippen LogP contribution in [0.4, 0.5) is 0 Å². The number of hydrogen-bond acceptors (Lipinski definition) is 1. The summed E-state index contributed by atoms with van der Waals surface area (Å²) in [4.78, 5) is 2.27. The van der Waals surface area contributed by atoms with E-state index in [0.29, 0.717) is 5.02 Å². The topological polar surface area (TPSA) is 23.8 Å². The molecule has 0 aliphatic rings. The summed E-state index contributed by atoms with van der Waals surface area (Å²) >= 11 is 14.3. The van der Waals surface area contributed by atoms with Crippen molar-refractivity contribution in [3.63, 3.8) is 0 Å². The van der Waals surface area contributed by atoms with Gasteiger partial charge in [-0.1, -0.05) is 0 Å². The van der Waals surface area contributed by atoms with E-state index in [1.54, 1.807) is 0 Å². The van der Waals surface area contributed by atoms with Gasteiger partial charge in [-0.25, -0.2) is 0 Å². The van der Waals surface area contributed by atoms with E-state index in [0.717, 1.165) is 35.3 Å². The van der Waals surface area contributed by atoms with Gasteiger partial charge in [0.25, 0.3) is 0 Å². The van der Waals surface area contributed by atoms with Crippen molar-refractivity contribution in [1.82, 2.24) is 0 Å². The SMILES string of the molecule is Cc1cc(Cl)cc(I)c1-c1c(C)cc(Cl)cc1[Se]C#N. The molecule has 0 amide bonds. The molecule has 20 heavy (non-hydrogen) atoms. The molecule has 0 aromatic heterocycles. The second-order valence-electron chi connectivity index (χ2n) is 4.37. The Morgan fingerprint density at radius 3 is 2.10 bits per heavy atom. The van der Waals surface area contributed by atoms with Gasteiger partial charge in [0.1, 0.15) is 0 Å². The van der Waals surface area contributed by atoms with E-state index >= 15 is 0 Å². The van der Waals surface area contributed by atoms with Crippen LogP contribution in [0.3, 0.4) is 0 Å². The van der Waals surface area contributed by atoms with E-state index in [-0.39, 0.29) is 15.0 Å². The van der Waals surface area contributed by atoms with Crippen molar-refractivity contribution < 1.29 is 0 Å². The van der Waals surface area contributed by atoms with E-state index in [2.05, 4.69) is 27.6 Å². The zero-order valence-electron chi connectivity index (χ0n) is 10.8. The van der Waals surface area contributed by atoms with Gasteiger partial charge in [0.2, 0.25) is 0 Å². The maximum atomic E-state index is 9.07. The van der Waals surface area contributed by atoms with Gasteiger partial charge in [0, 0.05) is 0 Å². The summed E-state index contributed by atoms with van der Waals surface area (Å²) < 4.78 is 2.11. The molecule has 2 rings (SSSR count). The van der Waals surface area contributed by atoms with Crippen LogP contribution in [0.5, 0.6) is 0 Å². The van der Waals surface area contributed by atoms with Crippen molar-refractivity contribution in [3.8, 4) is 16.1 Å². The third-order valence-corrected chi connectivity index (χ3v) is 5.54. The Bertz CT molecular complexity index is 700. The molecular weight excluding hydrogens is 471 g/mol. The van der Waals surface area contributed by atoms with Crippen LogP contribution in [-0.2, 0) is 0 Å². The van der Waals surface area contributed by atoms with Crippen molar-refractivity contribution in [2.24, 2.45) is 0 Å². The average molecular weight is 481 g/mol. The summed E-state index contributed by atoms with van der Waals surface area (Å²) in [6.45, 7) is 4.07. The van der Waals surface area contributed by atoms with Gasteiger partial charge in [-0.3, -0.25) is 0 Å². The zero-order chi connectivity index (χ0) is 14.9. The fourth-order valence-electron chi connectivity index (χ4n) is 2.18. The molecule has 0 radical (unpaired) electrons. The molecule has 0 aliphatic heterocycles. The molecule has 0 aliphatic carbocycles. The maximum absolute atomic E-state index is 9.07. The van der Waals surface area contributed by atoms with Crippen LogP contribution in [0.1, 0.15) is 11.1 Å². The molecule has 0 saturated carbocycles. The van der Waals surface area contributed by atoms with Crippen LogP contribution in [0.15, 0.2) is 24.3 Å². The van der Waals surface area contributed by atoms with E-state index in [1.165, 1.54) is 0 Å². The molecular formula is C15H10Cl2INSe. The first-order valence-electron chi connectivity index (χ1n) is 5.76. The van der Waals surface area contributed by atoms with Gasteiger partial charge in [-0.05, 0) is 0 Å². The Kier molecular flexibility index (Phi) is 5.39. The van der Waals surface area contributed by atoms with Gasteiger partial charge < -0.3 is 0 Å². The van der Waals surface area contributed by atoms with E-state index < -0.39 is 0 Å². The Hall–Kier alpha value is -0.241. The molecule has 0 fully saturated rings. The summed E-state index contributed by atoms with van der Waals surface area (Å²) in [5.41, 5.74) is 4.47. The van der Waals surface area contributed by atoms with Gasteiger partial charge in [-0.2, -0.15) is 0 Å². The molecule has 0 bridgehead atoms. The number of nitrogens with zero attached hydrogens (tertiary/aromatic N) is 1. The summed E-state index contributed by atoms with van der Waals surface area (Å²) in [6, 6.07) is 7.74. The molecule has 102 valence electrons. The Morgan fingerprint density at radius 1 is 1.00 bits per heavy atom. The Morgan fingerprint density at radius 2 is 1.55 bits per heavy atom. The number of benzene rings is 2. The normalized spacial score (nSPS) is 10.4. The Balaban J connectivity index is 2.79. The van der Waals surface area contributed by atoms with Crippen LogP contribution in [-0.4, -0.2) is 15.0 Å². The van der Waals surface area contributed by atoms with Crippen LogP contribution < -0.4 is 4.46 Å². The first-order chi connectivity index (χ1) is 9.43. The molecule has 0 spiro atoms. The predicted octanol–water partition coefficient (Wildman–Crippen LogP) is 4.69. The van der Waals surface area contributed by atoms with Crippen LogP contribution in [0.2, 0.25) is 10.0 Å². The molecule has 1 nitrogen and oxygen atoms in total. The molecule has 5 heteroatoms. The second-order valence-corrected chi connectivity index (χ2v) is 8.14. The fraction of sp³-hybridized carbons (Fsp3) is 0.133. The number of hydrogen-bond donors (Lipinski definition) is 0. The molecule has 0 unspecified atom stereocenters. The standard InChI is InChI=1S/C15H10Cl2INSe/c1-8-3-10(16)5-12(18)14(8)15-9(2)4-11(17)6-13(15)20-7-19/h3-6H,1-2H3. The minimum atomic E-state index is -0.250. The minimum absolute atomic E-state index is 0.250. The van der Waals surface area contributed by atoms with E-state index in [1.807, 2.05) is 38.1 Å². The molecule has 0 atom stereocenters. The quantitative estimate of drug-likeness (QED) is 0.452. The monoisotopic (exact) mass is 481 g/mol.